The van der Waals surface area contributed by atoms with Gasteiger partial charge in [-0.3, -0.25) is 9.59 Å². The smallest absolute Gasteiger partial charge is 0.324 e. The molecular formula is C16H22O4. The molecule has 0 spiro atoms. The molecule has 0 amide bonds. The van der Waals surface area contributed by atoms with Crippen LogP contribution in [0.1, 0.15) is 33.1 Å². The molecule has 4 nitrogen and oxygen atoms in total. The van der Waals surface area contributed by atoms with E-state index in [0.29, 0.717) is 6.42 Å². The van der Waals surface area contributed by atoms with Crippen molar-refractivity contribution >= 4 is 11.9 Å². The van der Waals surface area contributed by atoms with E-state index in [1.807, 2.05) is 26.0 Å². The Kier molecular flexibility index (Phi) is 8.86. The van der Waals surface area contributed by atoms with E-state index in [9.17, 15) is 9.59 Å². The molecule has 0 rings (SSSR count). The Bertz CT molecular complexity index is 419. The molecule has 110 valence electrons. The second kappa shape index (κ2) is 9.85. The number of carbonyl (C=O) groups excluding carboxylic acids is 2. The highest BCUT2D eigenvalue weighted by atomic mass is 16.5. The lowest BCUT2D eigenvalue weighted by Crippen LogP contribution is -2.40. The summed E-state index contributed by atoms with van der Waals surface area (Å²) in [4.78, 5) is 24.1. The van der Waals surface area contributed by atoms with Crippen LogP contribution in [0, 0.1) is 17.3 Å². The Morgan fingerprint density at radius 1 is 1.10 bits per heavy atom. The van der Waals surface area contributed by atoms with Gasteiger partial charge in [-0.2, -0.15) is 0 Å². The molecule has 0 bridgehead atoms. The van der Waals surface area contributed by atoms with Gasteiger partial charge in [-0.25, -0.2) is 0 Å². The van der Waals surface area contributed by atoms with Crippen LogP contribution in [0.25, 0.3) is 0 Å². The van der Waals surface area contributed by atoms with Gasteiger partial charge < -0.3 is 9.47 Å². The van der Waals surface area contributed by atoms with Crippen molar-refractivity contribution in [2.24, 2.45) is 5.41 Å². The highest BCUT2D eigenvalue weighted by Crippen LogP contribution is 2.30. The zero-order valence-electron chi connectivity index (χ0n) is 12.6. The maximum absolute atomic E-state index is 12.0. The van der Waals surface area contributed by atoms with Crippen LogP contribution in [-0.2, 0) is 19.1 Å². The van der Waals surface area contributed by atoms with Gasteiger partial charge in [0.1, 0.15) is 0 Å². The molecule has 0 aromatic heterocycles. The van der Waals surface area contributed by atoms with Crippen molar-refractivity contribution in [3.8, 4) is 11.8 Å². The van der Waals surface area contributed by atoms with Gasteiger partial charge in [0.25, 0.3) is 0 Å². The van der Waals surface area contributed by atoms with Crippen molar-refractivity contribution in [1.82, 2.24) is 0 Å². The summed E-state index contributed by atoms with van der Waals surface area (Å²) in [5, 5.41) is 0. The molecule has 0 radical (unpaired) electrons. The third-order valence-corrected chi connectivity index (χ3v) is 2.75. The molecule has 0 saturated heterocycles. The highest BCUT2D eigenvalue weighted by Gasteiger charge is 2.47. The summed E-state index contributed by atoms with van der Waals surface area (Å²) in [6.45, 7) is 3.78. The SMILES string of the molecule is C/C=C/C=C/CC(CC#CCC)(C(=O)OC)C(=O)OC. The fourth-order valence-electron chi connectivity index (χ4n) is 1.65. The fourth-order valence-corrected chi connectivity index (χ4v) is 1.65. The van der Waals surface area contributed by atoms with Gasteiger partial charge >= 0.3 is 11.9 Å². The number of carbonyl (C=O) groups is 2. The topological polar surface area (TPSA) is 52.6 Å². The van der Waals surface area contributed by atoms with Crippen LogP contribution < -0.4 is 0 Å². The Morgan fingerprint density at radius 3 is 2.15 bits per heavy atom. The lowest BCUT2D eigenvalue weighted by atomic mass is 9.81. The third-order valence-electron chi connectivity index (χ3n) is 2.75. The predicted molar refractivity (Wildman–Crippen MR) is 77.7 cm³/mol. The number of allylic oxidation sites excluding steroid dienone is 4. The highest BCUT2D eigenvalue weighted by molar-refractivity contribution is 6.00. The molecule has 0 fully saturated rings. The maximum atomic E-state index is 12.0. The van der Waals surface area contributed by atoms with Gasteiger partial charge in [0.15, 0.2) is 5.41 Å². The first-order chi connectivity index (χ1) is 9.58. The Labute approximate surface area is 120 Å². The third kappa shape index (κ3) is 4.93. The molecule has 0 aromatic rings. The molecule has 0 N–H and O–H groups in total. The second-order valence-electron chi connectivity index (χ2n) is 4.11. The lowest BCUT2D eigenvalue weighted by molar-refractivity contribution is -0.168. The van der Waals surface area contributed by atoms with Crippen molar-refractivity contribution in [2.45, 2.75) is 33.1 Å². The molecule has 0 atom stereocenters. The number of methoxy groups -OCH3 is 2. The minimum Gasteiger partial charge on any atom is -0.468 e. The summed E-state index contributed by atoms with van der Waals surface area (Å²) < 4.78 is 9.53. The number of ether oxygens (including phenoxy) is 2. The molecule has 0 unspecified atom stereocenters. The van der Waals surface area contributed by atoms with E-state index in [1.54, 1.807) is 12.2 Å². The lowest BCUT2D eigenvalue weighted by Gasteiger charge is -2.24. The second-order valence-corrected chi connectivity index (χ2v) is 4.11. The predicted octanol–water partition coefficient (Wildman–Crippen LogP) is 2.64. The Morgan fingerprint density at radius 2 is 1.70 bits per heavy atom. The van der Waals surface area contributed by atoms with E-state index in [1.165, 1.54) is 14.2 Å². The fraction of sp³-hybridized carbons (Fsp3) is 0.500. The van der Waals surface area contributed by atoms with Gasteiger partial charge in [-0.1, -0.05) is 31.2 Å². The minimum absolute atomic E-state index is 0.0837. The zero-order valence-corrected chi connectivity index (χ0v) is 12.6. The summed E-state index contributed by atoms with van der Waals surface area (Å²) in [5.74, 6) is 4.45. The van der Waals surface area contributed by atoms with Crippen LogP contribution in [0.2, 0.25) is 0 Å². The van der Waals surface area contributed by atoms with E-state index >= 15 is 0 Å². The number of rotatable bonds is 6. The van der Waals surface area contributed by atoms with Crippen LogP contribution in [0.5, 0.6) is 0 Å². The minimum atomic E-state index is -1.40. The first kappa shape index (κ1) is 18.0. The van der Waals surface area contributed by atoms with Crippen LogP contribution in [0.4, 0.5) is 0 Å². The number of hydrogen-bond donors (Lipinski definition) is 0. The number of hydrogen-bond acceptors (Lipinski definition) is 4. The van der Waals surface area contributed by atoms with E-state index in [0.717, 1.165) is 0 Å². The average Bonchev–Trinajstić information content (AvgIpc) is 2.48. The van der Waals surface area contributed by atoms with E-state index < -0.39 is 17.4 Å². The number of esters is 2. The van der Waals surface area contributed by atoms with Crippen LogP contribution in [-0.4, -0.2) is 26.2 Å². The van der Waals surface area contributed by atoms with Gasteiger partial charge in [-0.05, 0) is 13.3 Å². The van der Waals surface area contributed by atoms with E-state index in [2.05, 4.69) is 11.8 Å². The van der Waals surface area contributed by atoms with Crippen molar-refractivity contribution in [3.05, 3.63) is 24.3 Å². The Hall–Kier alpha value is -2.02. The molecule has 0 aliphatic heterocycles. The Balaban J connectivity index is 5.41. The quantitative estimate of drug-likeness (QED) is 0.324. The van der Waals surface area contributed by atoms with Crippen LogP contribution in [0.15, 0.2) is 24.3 Å². The molecular weight excluding hydrogens is 256 g/mol. The summed E-state index contributed by atoms with van der Waals surface area (Å²) in [6.07, 6.45) is 8.11. The van der Waals surface area contributed by atoms with Gasteiger partial charge in [0.2, 0.25) is 0 Å². The average molecular weight is 278 g/mol. The summed E-state index contributed by atoms with van der Waals surface area (Å²) in [6, 6.07) is 0. The zero-order chi connectivity index (χ0) is 15.4. The van der Waals surface area contributed by atoms with Gasteiger partial charge in [0.05, 0.1) is 14.2 Å². The largest absolute Gasteiger partial charge is 0.468 e. The molecule has 0 aliphatic rings. The summed E-state index contributed by atoms with van der Waals surface area (Å²) >= 11 is 0. The van der Waals surface area contributed by atoms with Crippen LogP contribution in [0.3, 0.4) is 0 Å². The normalized spacial score (nSPS) is 11.2. The van der Waals surface area contributed by atoms with Crippen molar-refractivity contribution in [2.75, 3.05) is 14.2 Å². The molecule has 0 aromatic carbocycles. The van der Waals surface area contributed by atoms with Crippen molar-refractivity contribution < 1.29 is 19.1 Å². The first-order valence-corrected chi connectivity index (χ1v) is 6.49. The molecule has 0 aliphatic carbocycles. The van der Waals surface area contributed by atoms with Gasteiger partial charge in [-0.15, -0.1) is 11.8 Å². The molecule has 4 heteroatoms. The first-order valence-electron chi connectivity index (χ1n) is 6.49. The molecule has 20 heavy (non-hydrogen) atoms. The van der Waals surface area contributed by atoms with E-state index in [-0.39, 0.29) is 12.8 Å². The van der Waals surface area contributed by atoms with Crippen LogP contribution >= 0.6 is 0 Å². The summed E-state index contributed by atoms with van der Waals surface area (Å²) in [7, 11) is 2.51. The van der Waals surface area contributed by atoms with E-state index in [4.69, 9.17) is 9.47 Å². The summed E-state index contributed by atoms with van der Waals surface area (Å²) in [5.41, 5.74) is -1.40. The van der Waals surface area contributed by atoms with Crippen molar-refractivity contribution in [1.29, 1.82) is 0 Å². The molecule has 0 saturated carbocycles. The van der Waals surface area contributed by atoms with Gasteiger partial charge in [0, 0.05) is 12.8 Å². The maximum Gasteiger partial charge on any atom is 0.324 e. The monoisotopic (exact) mass is 278 g/mol. The molecule has 0 heterocycles. The standard InChI is InChI=1S/C16H22O4/c1-5-7-9-11-13-16(14(17)19-3,15(18)20-4)12-10-8-6-2/h5,7,9,11H,6,12-13H2,1-4H3/b7-5+,11-9+. The van der Waals surface area contributed by atoms with Crippen molar-refractivity contribution in [3.63, 3.8) is 0 Å².